The molecular formula is C13H21NO. The Morgan fingerprint density at radius 3 is 2.47 bits per heavy atom. The highest BCUT2D eigenvalue weighted by molar-refractivity contribution is 5.50. The van der Waals surface area contributed by atoms with E-state index in [0.717, 1.165) is 17.7 Å². The van der Waals surface area contributed by atoms with Crippen molar-refractivity contribution >= 4 is 5.69 Å². The predicted octanol–water partition coefficient (Wildman–Crippen LogP) is 3.15. The minimum absolute atomic E-state index is 0.118. The SMILES string of the molecule is CCc1cccc(N)c1COC(C)(C)C. The molecule has 1 rings (SSSR count). The summed E-state index contributed by atoms with van der Waals surface area (Å²) in [5, 5.41) is 0. The topological polar surface area (TPSA) is 35.2 Å². The maximum atomic E-state index is 5.95. The summed E-state index contributed by atoms with van der Waals surface area (Å²) in [5.41, 5.74) is 9.07. The summed E-state index contributed by atoms with van der Waals surface area (Å²) in [5.74, 6) is 0. The van der Waals surface area contributed by atoms with E-state index in [9.17, 15) is 0 Å². The second-order valence-corrected chi connectivity index (χ2v) is 4.74. The van der Waals surface area contributed by atoms with Gasteiger partial charge in [0.1, 0.15) is 0 Å². The summed E-state index contributed by atoms with van der Waals surface area (Å²) < 4.78 is 5.76. The molecule has 0 saturated heterocycles. The maximum Gasteiger partial charge on any atom is 0.0746 e. The molecule has 2 heteroatoms. The van der Waals surface area contributed by atoms with Crippen LogP contribution in [0.3, 0.4) is 0 Å². The smallest absolute Gasteiger partial charge is 0.0746 e. The third kappa shape index (κ3) is 3.56. The quantitative estimate of drug-likeness (QED) is 0.773. The molecule has 0 aliphatic heterocycles. The van der Waals surface area contributed by atoms with Gasteiger partial charge in [0.15, 0.2) is 0 Å². The third-order valence-electron chi connectivity index (χ3n) is 2.34. The molecule has 0 aromatic heterocycles. The van der Waals surface area contributed by atoms with Crippen molar-refractivity contribution in [3.8, 4) is 0 Å². The number of nitrogens with two attached hydrogens (primary N) is 1. The molecule has 0 heterocycles. The van der Waals surface area contributed by atoms with E-state index in [-0.39, 0.29) is 5.60 Å². The van der Waals surface area contributed by atoms with E-state index in [2.05, 4.69) is 33.8 Å². The van der Waals surface area contributed by atoms with Crippen LogP contribution in [0.25, 0.3) is 0 Å². The molecule has 0 radical (unpaired) electrons. The summed E-state index contributed by atoms with van der Waals surface area (Å²) in [6.07, 6.45) is 0.994. The lowest BCUT2D eigenvalue weighted by atomic mass is 10.0. The van der Waals surface area contributed by atoms with E-state index in [1.165, 1.54) is 5.56 Å². The molecular weight excluding hydrogens is 186 g/mol. The first-order chi connectivity index (χ1) is 6.94. The largest absolute Gasteiger partial charge is 0.398 e. The Balaban J connectivity index is 2.83. The molecule has 15 heavy (non-hydrogen) atoms. The number of rotatable bonds is 3. The van der Waals surface area contributed by atoms with Gasteiger partial charge in [-0.1, -0.05) is 19.1 Å². The number of ether oxygens (including phenoxy) is 1. The van der Waals surface area contributed by atoms with Crippen molar-refractivity contribution < 1.29 is 4.74 Å². The van der Waals surface area contributed by atoms with Crippen LogP contribution in [0.5, 0.6) is 0 Å². The molecule has 0 bridgehead atoms. The zero-order valence-electron chi connectivity index (χ0n) is 10.1. The molecule has 0 aliphatic carbocycles. The summed E-state index contributed by atoms with van der Waals surface area (Å²) in [6, 6.07) is 6.03. The second-order valence-electron chi connectivity index (χ2n) is 4.74. The van der Waals surface area contributed by atoms with Crippen molar-refractivity contribution in [3.63, 3.8) is 0 Å². The van der Waals surface area contributed by atoms with Crippen molar-refractivity contribution in [1.82, 2.24) is 0 Å². The number of hydrogen-bond acceptors (Lipinski definition) is 2. The van der Waals surface area contributed by atoms with Gasteiger partial charge in [-0.3, -0.25) is 0 Å². The highest BCUT2D eigenvalue weighted by Gasteiger charge is 2.12. The van der Waals surface area contributed by atoms with E-state index in [1.807, 2.05) is 12.1 Å². The zero-order valence-corrected chi connectivity index (χ0v) is 10.1. The van der Waals surface area contributed by atoms with Crippen LogP contribution in [0.2, 0.25) is 0 Å². The van der Waals surface area contributed by atoms with E-state index in [1.54, 1.807) is 0 Å². The van der Waals surface area contributed by atoms with E-state index in [0.29, 0.717) is 6.61 Å². The minimum Gasteiger partial charge on any atom is -0.398 e. The van der Waals surface area contributed by atoms with Gasteiger partial charge in [0, 0.05) is 11.3 Å². The predicted molar refractivity (Wildman–Crippen MR) is 64.8 cm³/mol. The molecule has 2 nitrogen and oxygen atoms in total. The highest BCUT2D eigenvalue weighted by atomic mass is 16.5. The van der Waals surface area contributed by atoms with E-state index in [4.69, 9.17) is 10.5 Å². The average Bonchev–Trinajstić information content (AvgIpc) is 2.14. The molecule has 0 atom stereocenters. The summed E-state index contributed by atoms with van der Waals surface area (Å²) in [7, 11) is 0. The average molecular weight is 207 g/mol. The highest BCUT2D eigenvalue weighted by Crippen LogP contribution is 2.21. The lowest BCUT2D eigenvalue weighted by Gasteiger charge is -2.21. The Labute approximate surface area is 92.4 Å². The summed E-state index contributed by atoms with van der Waals surface area (Å²) in [4.78, 5) is 0. The van der Waals surface area contributed by atoms with Gasteiger partial charge in [-0.2, -0.15) is 0 Å². The Morgan fingerprint density at radius 2 is 1.93 bits per heavy atom. The third-order valence-corrected chi connectivity index (χ3v) is 2.34. The molecule has 2 N–H and O–H groups in total. The van der Waals surface area contributed by atoms with Gasteiger partial charge in [-0.15, -0.1) is 0 Å². The van der Waals surface area contributed by atoms with Crippen molar-refractivity contribution in [3.05, 3.63) is 29.3 Å². The molecule has 0 aliphatic rings. The first kappa shape index (κ1) is 12.1. The first-order valence-corrected chi connectivity index (χ1v) is 5.44. The fourth-order valence-electron chi connectivity index (χ4n) is 1.45. The van der Waals surface area contributed by atoms with Crippen LogP contribution >= 0.6 is 0 Å². The number of aryl methyl sites for hydroxylation is 1. The van der Waals surface area contributed by atoms with Crippen molar-refractivity contribution in [1.29, 1.82) is 0 Å². The van der Waals surface area contributed by atoms with Gasteiger partial charge in [0.25, 0.3) is 0 Å². The first-order valence-electron chi connectivity index (χ1n) is 5.44. The number of benzene rings is 1. The van der Waals surface area contributed by atoms with Gasteiger partial charge < -0.3 is 10.5 Å². The van der Waals surface area contributed by atoms with Crippen LogP contribution in [-0.4, -0.2) is 5.60 Å². The van der Waals surface area contributed by atoms with Crippen LogP contribution in [0.1, 0.15) is 38.8 Å². The number of nitrogen functional groups attached to an aromatic ring is 1. The molecule has 0 unspecified atom stereocenters. The molecule has 0 spiro atoms. The van der Waals surface area contributed by atoms with E-state index >= 15 is 0 Å². The standard InChI is InChI=1S/C13H21NO/c1-5-10-7-6-8-12(14)11(10)9-15-13(2,3)4/h6-8H,5,9,14H2,1-4H3. The molecule has 1 aromatic carbocycles. The summed E-state index contributed by atoms with van der Waals surface area (Å²) >= 11 is 0. The van der Waals surface area contributed by atoms with Gasteiger partial charge in [0.05, 0.1) is 12.2 Å². The van der Waals surface area contributed by atoms with Crippen LogP contribution in [-0.2, 0) is 17.8 Å². The van der Waals surface area contributed by atoms with Crippen molar-refractivity contribution in [2.24, 2.45) is 0 Å². The zero-order chi connectivity index (χ0) is 11.5. The van der Waals surface area contributed by atoms with E-state index < -0.39 is 0 Å². The van der Waals surface area contributed by atoms with Crippen molar-refractivity contribution in [2.75, 3.05) is 5.73 Å². The van der Waals surface area contributed by atoms with Gasteiger partial charge in [-0.25, -0.2) is 0 Å². The normalized spacial score (nSPS) is 11.7. The van der Waals surface area contributed by atoms with Gasteiger partial charge in [0.2, 0.25) is 0 Å². The van der Waals surface area contributed by atoms with Crippen LogP contribution in [0.15, 0.2) is 18.2 Å². The monoisotopic (exact) mass is 207 g/mol. The Hall–Kier alpha value is -1.02. The number of anilines is 1. The minimum atomic E-state index is -0.118. The van der Waals surface area contributed by atoms with Gasteiger partial charge >= 0.3 is 0 Å². The Bertz CT molecular complexity index is 326. The lowest BCUT2D eigenvalue weighted by molar-refractivity contribution is -0.0149. The molecule has 84 valence electrons. The fraction of sp³-hybridized carbons (Fsp3) is 0.538. The van der Waals surface area contributed by atoms with Crippen LogP contribution < -0.4 is 5.73 Å². The maximum absolute atomic E-state index is 5.95. The van der Waals surface area contributed by atoms with Crippen LogP contribution in [0.4, 0.5) is 5.69 Å². The second kappa shape index (κ2) is 4.67. The lowest BCUT2D eigenvalue weighted by Crippen LogP contribution is -2.19. The summed E-state index contributed by atoms with van der Waals surface area (Å²) in [6.45, 7) is 8.89. The molecule has 0 fully saturated rings. The molecule has 0 amide bonds. The van der Waals surface area contributed by atoms with Crippen molar-refractivity contribution in [2.45, 2.75) is 46.3 Å². The Kier molecular flexibility index (Phi) is 3.75. The number of hydrogen-bond donors (Lipinski definition) is 1. The van der Waals surface area contributed by atoms with Crippen LogP contribution in [0, 0.1) is 0 Å². The fourth-order valence-corrected chi connectivity index (χ4v) is 1.45. The molecule has 1 aromatic rings. The van der Waals surface area contributed by atoms with Gasteiger partial charge in [-0.05, 0) is 38.8 Å². The Morgan fingerprint density at radius 1 is 1.27 bits per heavy atom. The molecule has 0 saturated carbocycles.